The molecule has 1 amide bonds. The zero-order chi connectivity index (χ0) is 17.6. The molecule has 3 aromatic rings. The average Bonchev–Trinajstić information content (AvgIpc) is 3.24. The summed E-state index contributed by atoms with van der Waals surface area (Å²) in [6.45, 7) is 2.54. The Kier molecular flexibility index (Phi) is 5.15. The molecular weight excluding hydrogens is 322 g/mol. The molecule has 0 aliphatic carbocycles. The van der Waals surface area contributed by atoms with Gasteiger partial charge in [-0.05, 0) is 30.7 Å². The minimum atomic E-state index is -0.348. The number of carbonyl (C=O) groups excluding carboxylic acids is 1. The van der Waals surface area contributed by atoms with E-state index >= 15 is 0 Å². The molecule has 7 heteroatoms. The van der Waals surface area contributed by atoms with E-state index in [9.17, 15) is 4.79 Å². The van der Waals surface area contributed by atoms with Crippen LogP contribution in [-0.2, 0) is 18.1 Å². The lowest BCUT2D eigenvalue weighted by molar-refractivity contribution is 0.0992. The van der Waals surface area contributed by atoms with Crippen molar-refractivity contribution in [1.29, 1.82) is 0 Å². The van der Waals surface area contributed by atoms with Crippen molar-refractivity contribution < 1.29 is 18.7 Å². The molecule has 0 atom stereocenters. The number of anilines is 1. The zero-order valence-electron chi connectivity index (χ0n) is 14.1. The minimum absolute atomic E-state index is 0.211. The van der Waals surface area contributed by atoms with Crippen LogP contribution in [0, 0.1) is 6.92 Å². The smallest absolute Gasteiger partial charge is 0.291 e. The van der Waals surface area contributed by atoms with E-state index in [4.69, 9.17) is 13.9 Å². The summed E-state index contributed by atoms with van der Waals surface area (Å²) in [5.74, 6) is 1.22. The number of carbonyl (C=O) groups is 1. The molecule has 0 saturated heterocycles. The molecule has 7 nitrogen and oxygen atoms in total. The van der Waals surface area contributed by atoms with E-state index in [1.54, 1.807) is 36.3 Å². The number of para-hydroxylation sites is 1. The van der Waals surface area contributed by atoms with Crippen LogP contribution in [-0.4, -0.2) is 22.8 Å². The quantitative estimate of drug-likeness (QED) is 0.714. The first-order valence-electron chi connectivity index (χ1n) is 7.75. The maximum atomic E-state index is 12.2. The van der Waals surface area contributed by atoms with Crippen LogP contribution in [0.15, 0.2) is 53.2 Å². The zero-order valence-corrected chi connectivity index (χ0v) is 14.1. The van der Waals surface area contributed by atoms with Crippen LogP contribution in [0.25, 0.3) is 0 Å². The van der Waals surface area contributed by atoms with Crippen molar-refractivity contribution in [3.63, 3.8) is 0 Å². The minimum Gasteiger partial charge on any atom is -0.485 e. The molecule has 0 bridgehead atoms. The molecule has 130 valence electrons. The van der Waals surface area contributed by atoms with Crippen LogP contribution in [0.3, 0.4) is 0 Å². The topological polar surface area (TPSA) is 78.5 Å². The van der Waals surface area contributed by atoms with Gasteiger partial charge in [0.2, 0.25) is 0 Å². The summed E-state index contributed by atoms with van der Waals surface area (Å²) >= 11 is 0. The summed E-state index contributed by atoms with van der Waals surface area (Å²) in [6.07, 6.45) is 3.22. The highest BCUT2D eigenvalue weighted by Crippen LogP contribution is 2.19. The van der Waals surface area contributed by atoms with Crippen LogP contribution in [0.2, 0.25) is 0 Å². The second kappa shape index (κ2) is 7.67. The lowest BCUT2D eigenvalue weighted by atomic mass is 10.2. The molecule has 25 heavy (non-hydrogen) atoms. The number of ether oxygens (including phenoxy) is 2. The van der Waals surface area contributed by atoms with Gasteiger partial charge in [0, 0.05) is 7.11 Å². The molecule has 3 rings (SSSR count). The van der Waals surface area contributed by atoms with E-state index in [-0.39, 0.29) is 18.3 Å². The van der Waals surface area contributed by atoms with E-state index in [0.717, 1.165) is 11.3 Å². The van der Waals surface area contributed by atoms with Gasteiger partial charge in [0.05, 0.1) is 18.1 Å². The fraction of sp³-hybridized carbons (Fsp3) is 0.222. The van der Waals surface area contributed by atoms with Gasteiger partial charge in [-0.2, -0.15) is 5.10 Å². The molecule has 0 radical (unpaired) electrons. The Morgan fingerprint density at radius 2 is 2.12 bits per heavy atom. The number of rotatable bonds is 7. The molecule has 0 fully saturated rings. The van der Waals surface area contributed by atoms with Gasteiger partial charge in [0.25, 0.3) is 5.91 Å². The third-order valence-electron chi connectivity index (χ3n) is 3.50. The molecule has 2 heterocycles. The van der Waals surface area contributed by atoms with E-state index in [2.05, 4.69) is 10.4 Å². The molecule has 2 aromatic heterocycles. The largest absolute Gasteiger partial charge is 0.485 e. The number of amides is 1. The Hall–Kier alpha value is -3.06. The van der Waals surface area contributed by atoms with Crippen LogP contribution in [0.1, 0.15) is 21.9 Å². The van der Waals surface area contributed by atoms with Crippen molar-refractivity contribution in [2.24, 2.45) is 0 Å². The van der Waals surface area contributed by atoms with Gasteiger partial charge < -0.3 is 19.2 Å². The van der Waals surface area contributed by atoms with Crippen LogP contribution in [0.4, 0.5) is 5.69 Å². The van der Waals surface area contributed by atoms with Crippen LogP contribution < -0.4 is 10.1 Å². The first kappa shape index (κ1) is 16.8. The highest BCUT2D eigenvalue weighted by atomic mass is 16.5. The Labute approximate surface area is 145 Å². The summed E-state index contributed by atoms with van der Waals surface area (Å²) < 4.78 is 17.8. The third kappa shape index (κ3) is 4.27. The maximum absolute atomic E-state index is 12.2. The first-order valence-corrected chi connectivity index (χ1v) is 7.75. The van der Waals surface area contributed by atoms with Gasteiger partial charge in [-0.3, -0.25) is 4.79 Å². The molecule has 0 spiro atoms. The second-order valence-corrected chi connectivity index (χ2v) is 5.46. The van der Waals surface area contributed by atoms with Gasteiger partial charge in [0.1, 0.15) is 24.8 Å². The molecule has 0 unspecified atom stereocenters. The van der Waals surface area contributed by atoms with Crippen LogP contribution in [0.5, 0.6) is 5.75 Å². The first-order chi connectivity index (χ1) is 12.2. The number of benzene rings is 1. The highest BCUT2D eigenvalue weighted by molar-refractivity contribution is 6.02. The Balaban J connectivity index is 1.58. The number of methoxy groups -OCH3 is 1. The monoisotopic (exact) mass is 341 g/mol. The fourth-order valence-electron chi connectivity index (χ4n) is 2.27. The Morgan fingerprint density at radius 1 is 1.28 bits per heavy atom. The predicted molar refractivity (Wildman–Crippen MR) is 91.4 cm³/mol. The van der Waals surface area contributed by atoms with Crippen molar-refractivity contribution in [1.82, 2.24) is 9.78 Å². The lowest BCUT2D eigenvalue weighted by Gasteiger charge is -2.06. The predicted octanol–water partition coefficient (Wildman–Crippen LogP) is 3.22. The van der Waals surface area contributed by atoms with Gasteiger partial charge in [-0.15, -0.1) is 0 Å². The van der Waals surface area contributed by atoms with E-state index in [0.29, 0.717) is 18.2 Å². The molecule has 1 aromatic carbocycles. The van der Waals surface area contributed by atoms with Crippen LogP contribution >= 0.6 is 0 Å². The van der Waals surface area contributed by atoms with Gasteiger partial charge >= 0.3 is 0 Å². The number of furan rings is 1. The molecular formula is C18H19N3O4. The summed E-state index contributed by atoms with van der Waals surface area (Å²) in [5.41, 5.74) is 1.61. The number of hydrogen-bond acceptors (Lipinski definition) is 5. The summed E-state index contributed by atoms with van der Waals surface area (Å²) in [7, 11) is 1.57. The third-order valence-corrected chi connectivity index (χ3v) is 3.50. The van der Waals surface area contributed by atoms with Crippen molar-refractivity contribution in [2.75, 3.05) is 12.4 Å². The summed E-state index contributed by atoms with van der Waals surface area (Å²) in [6, 6.07) is 11.1. The number of hydrogen-bond donors (Lipinski definition) is 1. The van der Waals surface area contributed by atoms with E-state index in [1.165, 1.54) is 0 Å². The standard InChI is InChI=1S/C18H19N3O4/c1-13-5-3-4-6-16(13)24-11-15-7-8-17(25-15)18(22)20-14-9-19-21(10-14)12-23-2/h3-10H,11-12H2,1-2H3,(H,20,22). The molecule has 1 N–H and O–H groups in total. The summed E-state index contributed by atoms with van der Waals surface area (Å²) in [5, 5.41) is 6.78. The number of aromatic nitrogens is 2. The van der Waals surface area contributed by atoms with Gasteiger partial charge in [-0.1, -0.05) is 18.2 Å². The number of nitrogens with zero attached hydrogens (tertiary/aromatic N) is 2. The molecule has 0 aliphatic heterocycles. The van der Waals surface area contributed by atoms with Gasteiger partial charge in [-0.25, -0.2) is 4.68 Å². The fourth-order valence-corrected chi connectivity index (χ4v) is 2.27. The number of aryl methyl sites for hydroxylation is 1. The highest BCUT2D eigenvalue weighted by Gasteiger charge is 2.13. The van der Waals surface area contributed by atoms with Gasteiger partial charge in [0.15, 0.2) is 5.76 Å². The number of nitrogens with one attached hydrogen (secondary N) is 1. The van der Waals surface area contributed by atoms with Crippen molar-refractivity contribution in [3.05, 3.63) is 65.9 Å². The maximum Gasteiger partial charge on any atom is 0.291 e. The Morgan fingerprint density at radius 3 is 2.92 bits per heavy atom. The van der Waals surface area contributed by atoms with Crippen molar-refractivity contribution in [3.8, 4) is 5.75 Å². The van der Waals surface area contributed by atoms with Crippen molar-refractivity contribution in [2.45, 2.75) is 20.3 Å². The SMILES string of the molecule is COCn1cc(NC(=O)c2ccc(COc3ccccc3C)o2)cn1. The van der Waals surface area contributed by atoms with E-state index in [1.807, 2.05) is 31.2 Å². The molecule has 0 saturated carbocycles. The average molecular weight is 341 g/mol. The lowest BCUT2D eigenvalue weighted by Crippen LogP contribution is -2.10. The second-order valence-electron chi connectivity index (χ2n) is 5.46. The summed E-state index contributed by atoms with van der Waals surface area (Å²) in [4.78, 5) is 12.2. The Bertz CT molecular complexity index is 853. The van der Waals surface area contributed by atoms with Crippen molar-refractivity contribution >= 4 is 11.6 Å². The van der Waals surface area contributed by atoms with E-state index < -0.39 is 0 Å². The normalized spacial score (nSPS) is 10.6. The molecule has 0 aliphatic rings.